The average molecular weight is 215 g/mol. The minimum atomic E-state index is -0.349. The van der Waals surface area contributed by atoms with Gasteiger partial charge in [-0.3, -0.25) is 0 Å². The molecule has 2 rings (SSSR count). The lowest BCUT2D eigenvalue weighted by atomic mass is 10.2. The van der Waals surface area contributed by atoms with Gasteiger partial charge in [-0.05, 0) is 18.2 Å². The van der Waals surface area contributed by atoms with Crippen LogP contribution in [0, 0.1) is 5.82 Å². The molecular weight excluding hydrogens is 211 g/mol. The van der Waals surface area contributed by atoms with Gasteiger partial charge in [0.05, 0.1) is 5.02 Å². The van der Waals surface area contributed by atoms with Crippen LogP contribution in [-0.2, 0) is 0 Å². The Labute approximate surface area is 83.0 Å². The fourth-order valence-electron chi connectivity index (χ4n) is 0.953. The van der Waals surface area contributed by atoms with Gasteiger partial charge in [0.25, 0.3) is 0 Å². The van der Waals surface area contributed by atoms with E-state index in [1.54, 1.807) is 11.6 Å². The van der Waals surface area contributed by atoms with Gasteiger partial charge < -0.3 is 0 Å². The van der Waals surface area contributed by atoms with Crippen molar-refractivity contribution in [1.29, 1.82) is 0 Å². The predicted octanol–water partition coefficient (Wildman–Crippen LogP) is 3.00. The SMILES string of the molecule is Fc1ccc(-c2nncs2)c(Cl)c1. The maximum atomic E-state index is 12.7. The third-order valence-corrected chi connectivity index (χ3v) is 2.56. The van der Waals surface area contributed by atoms with Gasteiger partial charge in [0.15, 0.2) is 0 Å². The van der Waals surface area contributed by atoms with Crippen LogP contribution >= 0.6 is 22.9 Å². The number of hydrogen-bond acceptors (Lipinski definition) is 3. The number of aromatic nitrogens is 2. The molecule has 0 amide bonds. The molecule has 1 aromatic heterocycles. The van der Waals surface area contributed by atoms with Gasteiger partial charge in [-0.15, -0.1) is 10.2 Å². The van der Waals surface area contributed by atoms with Gasteiger partial charge in [0.1, 0.15) is 16.3 Å². The number of nitrogens with zero attached hydrogens (tertiary/aromatic N) is 2. The first-order valence-corrected chi connectivity index (χ1v) is 4.75. The Balaban J connectivity index is 2.53. The molecule has 0 N–H and O–H groups in total. The maximum Gasteiger partial charge on any atom is 0.149 e. The first-order chi connectivity index (χ1) is 6.27. The molecular formula is C8H4ClFN2S. The molecule has 0 aliphatic carbocycles. The number of rotatable bonds is 1. The second-order valence-electron chi connectivity index (χ2n) is 2.37. The highest BCUT2D eigenvalue weighted by molar-refractivity contribution is 7.12. The van der Waals surface area contributed by atoms with E-state index in [9.17, 15) is 4.39 Å². The molecule has 66 valence electrons. The molecule has 0 aliphatic rings. The monoisotopic (exact) mass is 214 g/mol. The summed E-state index contributed by atoms with van der Waals surface area (Å²) in [5, 5.41) is 8.57. The van der Waals surface area contributed by atoms with E-state index in [2.05, 4.69) is 10.2 Å². The Morgan fingerprint density at radius 1 is 1.38 bits per heavy atom. The summed E-state index contributed by atoms with van der Waals surface area (Å²) in [6.07, 6.45) is 0. The number of benzene rings is 1. The van der Waals surface area contributed by atoms with Crippen molar-refractivity contribution in [2.24, 2.45) is 0 Å². The topological polar surface area (TPSA) is 25.8 Å². The van der Waals surface area contributed by atoms with E-state index < -0.39 is 0 Å². The van der Waals surface area contributed by atoms with Crippen molar-refractivity contribution < 1.29 is 4.39 Å². The molecule has 0 radical (unpaired) electrons. The molecule has 0 saturated heterocycles. The maximum absolute atomic E-state index is 12.7. The molecule has 0 unspecified atom stereocenters. The highest BCUT2D eigenvalue weighted by Gasteiger charge is 2.06. The lowest BCUT2D eigenvalue weighted by Gasteiger charge is -1.98. The molecule has 0 spiro atoms. The summed E-state index contributed by atoms with van der Waals surface area (Å²) in [5.74, 6) is -0.349. The highest BCUT2D eigenvalue weighted by Crippen LogP contribution is 2.28. The van der Waals surface area contributed by atoms with Gasteiger partial charge in [-0.25, -0.2) is 4.39 Å². The van der Waals surface area contributed by atoms with E-state index in [1.165, 1.54) is 23.5 Å². The molecule has 1 aromatic carbocycles. The summed E-state index contributed by atoms with van der Waals surface area (Å²) in [4.78, 5) is 0. The standard InChI is InChI=1S/C8H4ClFN2S/c9-7-3-5(10)1-2-6(7)8-12-11-4-13-8/h1-4H. The first kappa shape index (κ1) is 8.59. The second kappa shape index (κ2) is 3.40. The summed E-state index contributed by atoms with van der Waals surface area (Å²) in [6.45, 7) is 0. The van der Waals surface area contributed by atoms with Crippen molar-refractivity contribution in [2.75, 3.05) is 0 Å². The van der Waals surface area contributed by atoms with Crippen LogP contribution in [0.5, 0.6) is 0 Å². The first-order valence-electron chi connectivity index (χ1n) is 3.49. The highest BCUT2D eigenvalue weighted by atomic mass is 35.5. The van der Waals surface area contributed by atoms with Gasteiger partial charge in [0, 0.05) is 5.56 Å². The van der Waals surface area contributed by atoms with Crippen LogP contribution in [0.15, 0.2) is 23.7 Å². The van der Waals surface area contributed by atoms with Crippen LogP contribution in [0.2, 0.25) is 5.02 Å². The van der Waals surface area contributed by atoms with Crippen LogP contribution in [0.25, 0.3) is 10.6 Å². The van der Waals surface area contributed by atoms with Crippen LogP contribution in [0.4, 0.5) is 4.39 Å². The van der Waals surface area contributed by atoms with E-state index in [0.29, 0.717) is 15.6 Å². The summed E-state index contributed by atoms with van der Waals surface area (Å²) < 4.78 is 12.7. The third-order valence-electron chi connectivity index (χ3n) is 1.52. The summed E-state index contributed by atoms with van der Waals surface area (Å²) >= 11 is 7.19. The van der Waals surface area contributed by atoms with E-state index in [0.717, 1.165) is 0 Å². The van der Waals surface area contributed by atoms with Crippen molar-refractivity contribution in [3.63, 3.8) is 0 Å². The average Bonchev–Trinajstić information content (AvgIpc) is 2.56. The Bertz CT molecular complexity index is 416. The molecule has 0 fully saturated rings. The van der Waals surface area contributed by atoms with E-state index >= 15 is 0 Å². The zero-order valence-electron chi connectivity index (χ0n) is 6.37. The molecule has 1 heterocycles. The van der Waals surface area contributed by atoms with Crippen molar-refractivity contribution in [1.82, 2.24) is 10.2 Å². The summed E-state index contributed by atoms with van der Waals surface area (Å²) in [7, 11) is 0. The quantitative estimate of drug-likeness (QED) is 0.729. The van der Waals surface area contributed by atoms with Crippen LogP contribution in [0.1, 0.15) is 0 Å². The van der Waals surface area contributed by atoms with Crippen molar-refractivity contribution >= 4 is 22.9 Å². The van der Waals surface area contributed by atoms with E-state index in [-0.39, 0.29) is 5.82 Å². The fraction of sp³-hybridized carbons (Fsp3) is 0. The van der Waals surface area contributed by atoms with Crippen LogP contribution < -0.4 is 0 Å². The molecule has 0 aliphatic heterocycles. The molecule has 0 atom stereocenters. The lowest BCUT2D eigenvalue weighted by Crippen LogP contribution is -1.80. The summed E-state index contributed by atoms with van der Waals surface area (Å²) in [5.41, 5.74) is 2.32. The largest absolute Gasteiger partial charge is 0.207 e. The lowest BCUT2D eigenvalue weighted by molar-refractivity contribution is 0.628. The zero-order chi connectivity index (χ0) is 9.26. The van der Waals surface area contributed by atoms with E-state index in [1.807, 2.05) is 0 Å². The van der Waals surface area contributed by atoms with E-state index in [4.69, 9.17) is 11.6 Å². The van der Waals surface area contributed by atoms with Crippen molar-refractivity contribution in [2.45, 2.75) is 0 Å². The summed E-state index contributed by atoms with van der Waals surface area (Å²) in [6, 6.07) is 4.21. The molecule has 5 heteroatoms. The number of halogens is 2. The Hall–Kier alpha value is -1.00. The van der Waals surface area contributed by atoms with Crippen molar-refractivity contribution in [3.05, 3.63) is 34.5 Å². The predicted molar refractivity (Wildman–Crippen MR) is 50.3 cm³/mol. The normalized spacial score (nSPS) is 10.3. The molecule has 2 aromatic rings. The minimum Gasteiger partial charge on any atom is -0.207 e. The Morgan fingerprint density at radius 2 is 2.23 bits per heavy atom. The third kappa shape index (κ3) is 1.68. The van der Waals surface area contributed by atoms with Gasteiger partial charge in [-0.1, -0.05) is 22.9 Å². The van der Waals surface area contributed by atoms with Crippen molar-refractivity contribution in [3.8, 4) is 10.6 Å². The second-order valence-corrected chi connectivity index (χ2v) is 3.61. The van der Waals surface area contributed by atoms with Gasteiger partial charge in [-0.2, -0.15) is 0 Å². The molecule has 0 bridgehead atoms. The fourth-order valence-corrected chi connectivity index (χ4v) is 1.86. The van der Waals surface area contributed by atoms with Gasteiger partial charge >= 0.3 is 0 Å². The van der Waals surface area contributed by atoms with Gasteiger partial charge in [0.2, 0.25) is 0 Å². The van der Waals surface area contributed by atoms with Crippen LogP contribution in [-0.4, -0.2) is 10.2 Å². The Kier molecular flexibility index (Phi) is 2.24. The smallest absolute Gasteiger partial charge is 0.149 e. The molecule has 13 heavy (non-hydrogen) atoms. The van der Waals surface area contributed by atoms with Crippen LogP contribution in [0.3, 0.4) is 0 Å². The molecule has 2 nitrogen and oxygen atoms in total. The Morgan fingerprint density at radius 3 is 2.85 bits per heavy atom. The molecule has 0 saturated carbocycles. The number of hydrogen-bond donors (Lipinski definition) is 0. The zero-order valence-corrected chi connectivity index (χ0v) is 7.94. The minimum absolute atomic E-state index is 0.349.